The molecule has 0 atom stereocenters. The zero-order chi connectivity index (χ0) is 17.7. The molecule has 0 aliphatic heterocycles. The van der Waals surface area contributed by atoms with Gasteiger partial charge in [0, 0.05) is 12.1 Å². The molecule has 6 heteroatoms. The Labute approximate surface area is 143 Å². The number of hydrogen-bond acceptors (Lipinski definition) is 3. The first-order chi connectivity index (χ1) is 11.3. The van der Waals surface area contributed by atoms with Gasteiger partial charge in [-0.1, -0.05) is 30.3 Å². The second-order valence-electron chi connectivity index (χ2n) is 5.68. The van der Waals surface area contributed by atoms with E-state index in [4.69, 9.17) is 0 Å². The third-order valence-electron chi connectivity index (χ3n) is 3.88. The zero-order valence-electron chi connectivity index (χ0n) is 14.1. The number of nitrogens with zero attached hydrogens (tertiary/aromatic N) is 1. The third kappa shape index (κ3) is 4.35. The maximum atomic E-state index is 12.2. The number of anilines is 1. The van der Waals surface area contributed by atoms with Crippen LogP contribution in [0.5, 0.6) is 0 Å². The van der Waals surface area contributed by atoms with Crippen LogP contribution in [-0.4, -0.2) is 33.7 Å². The number of benzene rings is 2. The fourth-order valence-corrected chi connectivity index (χ4v) is 3.41. The summed E-state index contributed by atoms with van der Waals surface area (Å²) in [5.74, 6) is -0.218. The molecule has 0 fully saturated rings. The molecule has 0 aromatic heterocycles. The van der Waals surface area contributed by atoms with Gasteiger partial charge in [-0.3, -0.25) is 9.10 Å². The van der Waals surface area contributed by atoms with Crippen molar-refractivity contribution in [3.63, 3.8) is 0 Å². The number of nitrogens with one attached hydrogen (secondary N) is 1. The first-order valence-corrected chi connectivity index (χ1v) is 9.52. The van der Waals surface area contributed by atoms with Gasteiger partial charge in [-0.15, -0.1) is 0 Å². The number of aryl methyl sites for hydroxylation is 1. The Bertz CT molecular complexity index is 817. The molecule has 0 saturated heterocycles. The molecule has 2 rings (SSSR count). The van der Waals surface area contributed by atoms with Crippen molar-refractivity contribution < 1.29 is 13.2 Å². The molecule has 0 spiro atoms. The summed E-state index contributed by atoms with van der Waals surface area (Å²) in [5, 5.41) is 2.76. The molecule has 128 valence electrons. The first kappa shape index (κ1) is 18.0. The Morgan fingerprint density at radius 1 is 1.04 bits per heavy atom. The van der Waals surface area contributed by atoms with Crippen LogP contribution in [0.15, 0.2) is 48.5 Å². The van der Waals surface area contributed by atoms with Crippen LogP contribution in [0.3, 0.4) is 0 Å². The number of carbonyl (C=O) groups excluding carboxylic acids is 1. The zero-order valence-corrected chi connectivity index (χ0v) is 14.9. The lowest BCUT2D eigenvalue weighted by atomic mass is 10.1. The van der Waals surface area contributed by atoms with Crippen LogP contribution in [0, 0.1) is 13.8 Å². The predicted octanol–water partition coefficient (Wildman–Crippen LogP) is 2.50. The van der Waals surface area contributed by atoms with E-state index in [1.54, 1.807) is 30.3 Å². The van der Waals surface area contributed by atoms with E-state index in [0.717, 1.165) is 11.1 Å². The highest BCUT2D eigenvalue weighted by molar-refractivity contribution is 7.92. The molecular weight excluding hydrogens is 324 g/mol. The lowest BCUT2D eigenvalue weighted by molar-refractivity contribution is 0.0955. The number of amides is 1. The van der Waals surface area contributed by atoms with Crippen LogP contribution in [0.4, 0.5) is 5.69 Å². The van der Waals surface area contributed by atoms with E-state index in [-0.39, 0.29) is 19.0 Å². The van der Waals surface area contributed by atoms with Crippen LogP contribution >= 0.6 is 0 Å². The van der Waals surface area contributed by atoms with Gasteiger partial charge in [0.1, 0.15) is 0 Å². The summed E-state index contributed by atoms with van der Waals surface area (Å²) in [4.78, 5) is 12.1. The summed E-state index contributed by atoms with van der Waals surface area (Å²) in [6.07, 6.45) is 1.17. The minimum atomic E-state index is -3.44. The third-order valence-corrected chi connectivity index (χ3v) is 5.06. The number of hydrogen-bond donors (Lipinski definition) is 1. The van der Waals surface area contributed by atoms with E-state index in [1.165, 1.54) is 10.6 Å². The number of rotatable bonds is 6. The molecule has 2 aromatic carbocycles. The van der Waals surface area contributed by atoms with Crippen molar-refractivity contribution in [2.24, 2.45) is 0 Å². The van der Waals surface area contributed by atoms with Gasteiger partial charge >= 0.3 is 0 Å². The Kier molecular flexibility index (Phi) is 5.62. The van der Waals surface area contributed by atoms with Gasteiger partial charge in [-0.05, 0) is 43.2 Å². The standard InChI is InChI=1S/C18H22N2O3S/c1-14-8-7-11-17(15(14)2)20(24(3,22)23)13-12-19-18(21)16-9-5-4-6-10-16/h4-11H,12-13H2,1-3H3,(H,19,21). The molecule has 0 aliphatic rings. The summed E-state index contributed by atoms with van der Waals surface area (Å²) in [5.41, 5.74) is 3.13. The lowest BCUT2D eigenvalue weighted by Gasteiger charge is -2.25. The number of carbonyl (C=O) groups is 1. The summed E-state index contributed by atoms with van der Waals surface area (Å²) < 4.78 is 25.6. The van der Waals surface area contributed by atoms with Crippen LogP contribution in [0.1, 0.15) is 21.5 Å². The van der Waals surface area contributed by atoms with Crippen molar-refractivity contribution in [3.8, 4) is 0 Å². The predicted molar refractivity (Wildman–Crippen MR) is 96.9 cm³/mol. The Hall–Kier alpha value is -2.34. The molecule has 1 amide bonds. The summed E-state index contributed by atoms with van der Waals surface area (Å²) in [6, 6.07) is 14.4. The summed E-state index contributed by atoms with van der Waals surface area (Å²) >= 11 is 0. The average Bonchev–Trinajstić information content (AvgIpc) is 2.54. The van der Waals surface area contributed by atoms with E-state index >= 15 is 0 Å². The Morgan fingerprint density at radius 2 is 1.71 bits per heavy atom. The van der Waals surface area contributed by atoms with Crippen LogP contribution in [-0.2, 0) is 10.0 Å². The van der Waals surface area contributed by atoms with Crippen LogP contribution in [0.25, 0.3) is 0 Å². The van der Waals surface area contributed by atoms with Crippen LogP contribution < -0.4 is 9.62 Å². The van der Waals surface area contributed by atoms with Crippen molar-refractivity contribution >= 4 is 21.6 Å². The molecule has 24 heavy (non-hydrogen) atoms. The van der Waals surface area contributed by atoms with Crippen molar-refractivity contribution in [1.29, 1.82) is 0 Å². The normalized spacial score (nSPS) is 11.1. The highest BCUT2D eigenvalue weighted by atomic mass is 32.2. The Morgan fingerprint density at radius 3 is 2.33 bits per heavy atom. The average molecular weight is 346 g/mol. The second-order valence-corrected chi connectivity index (χ2v) is 7.58. The lowest BCUT2D eigenvalue weighted by Crippen LogP contribution is -2.38. The van der Waals surface area contributed by atoms with Crippen molar-refractivity contribution in [2.75, 3.05) is 23.7 Å². The van der Waals surface area contributed by atoms with Gasteiger partial charge in [0.05, 0.1) is 18.5 Å². The van der Waals surface area contributed by atoms with E-state index in [1.807, 2.05) is 32.0 Å². The van der Waals surface area contributed by atoms with Gasteiger partial charge in [-0.25, -0.2) is 8.42 Å². The van der Waals surface area contributed by atoms with Crippen LogP contribution in [0.2, 0.25) is 0 Å². The van der Waals surface area contributed by atoms with Gasteiger partial charge in [-0.2, -0.15) is 0 Å². The molecule has 2 aromatic rings. The van der Waals surface area contributed by atoms with E-state index in [9.17, 15) is 13.2 Å². The summed E-state index contributed by atoms with van der Waals surface area (Å²) in [6.45, 7) is 4.25. The smallest absolute Gasteiger partial charge is 0.251 e. The minimum Gasteiger partial charge on any atom is -0.350 e. The fraction of sp³-hybridized carbons (Fsp3) is 0.278. The quantitative estimate of drug-likeness (QED) is 0.874. The van der Waals surface area contributed by atoms with Gasteiger partial charge < -0.3 is 5.32 Å². The molecule has 0 aliphatic carbocycles. The molecule has 0 heterocycles. The second kappa shape index (κ2) is 7.49. The maximum Gasteiger partial charge on any atom is 0.251 e. The molecule has 0 unspecified atom stereocenters. The number of sulfonamides is 1. The van der Waals surface area contributed by atoms with E-state index in [0.29, 0.717) is 11.3 Å². The van der Waals surface area contributed by atoms with Crippen molar-refractivity contribution in [1.82, 2.24) is 5.32 Å². The summed E-state index contributed by atoms with van der Waals surface area (Å²) in [7, 11) is -3.44. The SMILES string of the molecule is Cc1cccc(N(CCNC(=O)c2ccccc2)S(C)(=O)=O)c1C. The van der Waals surface area contributed by atoms with Crippen molar-refractivity contribution in [2.45, 2.75) is 13.8 Å². The molecule has 0 saturated carbocycles. The topological polar surface area (TPSA) is 66.5 Å². The van der Waals surface area contributed by atoms with Gasteiger partial charge in [0.2, 0.25) is 10.0 Å². The van der Waals surface area contributed by atoms with Crippen molar-refractivity contribution in [3.05, 3.63) is 65.2 Å². The minimum absolute atomic E-state index is 0.182. The molecule has 0 bridgehead atoms. The van der Waals surface area contributed by atoms with Gasteiger partial charge in [0.15, 0.2) is 0 Å². The van der Waals surface area contributed by atoms with E-state index < -0.39 is 10.0 Å². The molecule has 1 N–H and O–H groups in total. The molecule has 0 radical (unpaired) electrons. The monoisotopic (exact) mass is 346 g/mol. The molecule has 5 nitrogen and oxygen atoms in total. The fourth-order valence-electron chi connectivity index (χ4n) is 2.43. The maximum absolute atomic E-state index is 12.2. The largest absolute Gasteiger partial charge is 0.350 e. The highest BCUT2D eigenvalue weighted by Gasteiger charge is 2.19. The first-order valence-electron chi connectivity index (χ1n) is 7.68. The molecular formula is C18H22N2O3S. The van der Waals surface area contributed by atoms with Gasteiger partial charge in [0.25, 0.3) is 5.91 Å². The Balaban J connectivity index is 2.11. The van der Waals surface area contributed by atoms with E-state index in [2.05, 4.69) is 5.32 Å². The highest BCUT2D eigenvalue weighted by Crippen LogP contribution is 2.24.